The first-order valence-electron chi connectivity index (χ1n) is 7.62. The fourth-order valence-electron chi connectivity index (χ4n) is 3.18. The van der Waals surface area contributed by atoms with Crippen molar-refractivity contribution in [2.45, 2.75) is 44.9 Å². The van der Waals surface area contributed by atoms with E-state index in [2.05, 4.69) is 41.5 Å². The average Bonchev–Trinajstić information content (AvgIpc) is 2.90. The van der Waals surface area contributed by atoms with Crippen LogP contribution in [0.25, 0.3) is 11.4 Å². The van der Waals surface area contributed by atoms with E-state index in [1.807, 2.05) is 7.05 Å². The summed E-state index contributed by atoms with van der Waals surface area (Å²) in [6, 6.07) is 8.42. The molecule has 1 aromatic carbocycles. The topological polar surface area (TPSA) is 40.7 Å². The minimum Gasteiger partial charge on any atom is -0.388 e. The van der Waals surface area contributed by atoms with Gasteiger partial charge in [-0.1, -0.05) is 19.3 Å². The Labute approximate surface area is 120 Å². The highest BCUT2D eigenvalue weighted by Crippen LogP contribution is 2.34. The number of aromatic nitrogens is 2. The monoisotopic (exact) mass is 269 g/mol. The van der Waals surface area contributed by atoms with Crippen LogP contribution < -0.4 is 5.32 Å². The molecule has 0 spiro atoms. The first-order chi connectivity index (χ1) is 9.78. The highest BCUT2D eigenvalue weighted by atomic mass is 14.9. The number of rotatable bonds is 3. The van der Waals surface area contributed by atoms with Gasteiger partial charge < -0.3 is 10.3 Å². The molecule has 1 aromatic heterocycles. The summed E-state index contributed by atoms with van der Waals surface area (Å²) in [6.45, 7) is 2.16. The standard InChI is InChI=1S/C17H23N3/c1-12-16(13-6-4-3-5-7-13)20-17(19-12)14-8-10-15(18-2)11-9-14/h8-11,13,18H,3-7H2,1-2H3,(H,19,20). The van der Waals surface area contributed by atoms with Gasteiger partial charge in [-0.25, -0.2) is 4.98 Å². The molecule has 0 amide bonds. The van der Waals surface area contributed by atoms with Crippen LogP contribution in [0.4, 0.5) is 5.69 Å². The molecule has 0 radical (unpaired) electrons. The lowest BCUT2D eigenvalue weighted by atomic mass is 9.86. The fourth-order valence-corrected chi connectivity index (χ4v) is 3.18. The van der Waals surface area contributed by atoms with Gasteiger partial charge in [0.15, 0.2) is 0 Å². The molecular formula is C17H23N3. The number of nitrogens with zero attached hydrogens (tertiary/aromatic N) is 1. The summed E-state index contributed by atoms with van der Waals surface area (Å²) in [6.07, 6.45) is 6.68. The molecule has 0 unspecified atom stereocenters. The average molecular weight is 269 g/mol. The molecule has 3 rings (SSSR count). The van der Waals surface area contributed by atoms with Gasteiger partial charge in [-0.3, -0.25) is 0 Å². The lowest BCUT2D eigenvalue weighted by Crippen LogP contribution is -2.06. The molecule has 0 aliphatic heterocycles. The van der Waals surface area contributed by atoms with E-state index < -0.39 is 0 Å². The van der Waals surface area contributed by atoms with Crippen LogP contribution in [0.3, 0.4) is 0 Å². The third-order valence-electron chi connectivity index (χ3n) is 4.36. The number of benzene rings is 1. The molecule has 2 aromatic rings. The molecule has 3 nitrogen and oxygen atoms in total. The van der Waals surface area contributed by atoms with Crippen molar-refractivity contribution in [1.29, 1.82) is 0 Å². The van der Waals surface area contributed by atoms with Gasteiger partial charge in [0.2, 0.25) is 0 Å². The van der Waals surface area contributed by atoms with E-state index in [9.17, 15) is 0 Å². The van der Waals surface area contributed by atoms with E-state index in [0.717, 1.165) is 17.1 Å². The van der Waals surface area contributed by atoms with Gasteiger partial charge in [0.05, 0.1) is 5.69 Å². The predicted octanol–water partition coefficient (Wildman–Crippen LogP) is 4.47. The van der Waals surface area contributed by atoms with Crippen LogP contribution in [0.1, 0.15) is 49.4 Å². The van der Waals surface area contributed by atoms with Crippen molar-refractivity contribution < 1.29 is 0 Å². The van der Waals surface area contributed by atoms with E-state index in [1.54, 1.807) is 0 Å². The smallest absolute Gasteiger partial charge is 0.137 e. The Bertz CT molecular complexity index is 562. The number of hydrogen-bond donors (Lipinski definition) is 2. The van der Waals surface area contributed by atoms with Gasteiger partial charge >= 0.3 is 0 Å². The molecule has 1 heterocycles. The lowest BCUT2D eigenvalue weighted by Gasteiger charge is -2.20. The van der Waals surface area contributed by atoms with Gasteiger partial charge in [0.25, 0.3) is 0 Å². The van der Waals surface area contributed by atoms with Crippen LogP contribution in [-0.4, -0.2) is 17.0 Å². The van der Waals surface area contributed by atoms with Gasteiger partial charge in [0, 0.05) is 29.9 Å². The quantitative estimate of drug-likeness (QED) is 0.862. The number of aryl methyl sites for hydroxylation is 1. The van der Waals surface area contributed by atoms with E-state index in [-0.39, 0.29) is 0 Å². The zero-order chi connectivity index (χ0) is 13.9. The van der Waals surface area contributed by atoms with Crippen molar-refractivity contribution >= 4 is 5.69 Å². The summed E-state index contributed by atoms with van der Waals surface area (Å²) in [4.78, 5) is 8.35. The number of nitrogens with one attached hydrogen (secondary N) is 2. The maximum absolute atomic E-state index is 4.88. The summed E-state index contributed by atoms with van der Waals surface area (Å²) in [5.41, 5.74) is 4.82. The summed E-state index contributed by atoms with van der Waals surface area (Å²) >= 11 is 0. The van der Waals surface area contributed by atoms with Crippen LogP contribution in [0, 0.1) is 6.92 Å². The zero-order valence-corrected chi connectivity index (χ0v) is 12.4. The van der Waals surface area contributed by atoms with Crippen LogP contribution in [0.15, 0.2) is 24.3 Å². The van der Waals surface area contributed by atoms with Crippen molar-refractivity contribution in [3.63, 3.8) is 0 Å². The Kier molecular flexibility index (Phi) is 3.77. The predicted molar refractivity (Wildman–Crippen MR) is 84.1 cm³/mol. The van der Waals surface area contributed by atoms with Crippen molar-refractivity contribution in [3.8, 4) is 11.4 Å². The maximum Gasteiger partial charge on any atom is 0.137 e. The van der Waals surface area contributed by atoms with Crippen molar-refractivity contribution in [1.82, 2.24) is 9.97 Å². The molecule has 0 bridgehead atoms. The second-order valence-corrected chi connectivity index (χ2v) is 5.76. The molecule has 0 atom stereocenters. The number of H-pyrrole nitrogens is 1. The molecule has 106 valence electrons. The van der Waals surface area contributed by atoms with Crippen LogP contribution >= 0.6 is 0 Å². The summed E-state index contributed by atoms with van der Waals surface area (Å²) < 4.78 is 0. The second kappa shape index (κ2) is 5.70. The third-order valence-corrected chi connectivity index (χ3v) is 4.36. The molecule has 1 saturated carbocycles. The number of imidazole rings is 1. The third kappa shape index (κ3) is 2.58. The minimum atomic E-state index is 0.658. The summed E-state index contributed by atoms with van der Waals surface area (Å²) in [5, 5.41) is 3.14. The maximum atomic E-state index is 4.88. The van der Waals surface area contributed by atoms with Gasteiger partial charge in [-0.05, 0) is 44.0 Å². The molecule has 3 heteroatoms. The van der Waals surface area contributed by atoms with Gasteiger partial charge in [-0.15, -0.1) is 0 Å². The molecule has 0 saturated heterocycles. The molecule has 20 heavy (non-hydrogen) atoms. The Balaban J connectivity index is 1.86. The van der Waals surface area contributed by atoms with Crippen LogP contribution in [-0.2, 0) is 0 Å². The first-order valence-corrected chi connectivity index (χ1v) is 7.62. The van der Waals surface area contributed by atoms with Crippen LogP contribution in [0.2, 0.25) is 0 Å². The van der Waals surface area contributed by atoms with E-state index in [1.165, 1.54) is 43.5 Å². The van der Waals surface area contributed by atoms with E-state index in [4.69, 9.17) is 4.98 Å². The van der Waals surface area contributed by atoms with Crippen molar-refractivity contribution in [3.05, 3.63) is 35.7 Å². The van der Waals surface area contributed by atoms with Crippen molar-refractivity contribution in [2.24, 2.45) is 0 Å². The Hall–Kier alpha value is -1.77. The van der Waals surface area contributed by atoms with Gasteiger partial charge in [0.1, 0.15) is 5.82 Å². The number of hydrogen-bond acceptors (Lipinski definition) is 2. The fraction of sp³-hybridized carbons (Fsp3) is 0.471. The molecule has 2 N–H and O–H groups in total. The Morgan fingerprint density at radius 1 is 1.10 bits per heavy atom. The largest absolute Gasteiger partial charge is 0.388 e. The van der Waals surface area contributed by atoms with E-state index >= 15 is 0 Å². The normalized spacial score (nSPS) is 16.3. The Morgan fingerprint density at radius 3 is 2.45 bits per heavy atom. The Morgan fingerprint density at radius 2 is 1.80 bits per heavy atom. The van der Waals surface area contributed by atoms with Gasteiger partial charge in [-0.2, -0.15) is 0 Å². The second-order valence-electron chi connectivity index (χ2n) is 5.76. The summed E-state index contributed by atoms with van der Waals surface area (Å²) in [7, 11) is 1.94. The number of anilines is 1. The van der Waals surface area contributed by atoms with Crippen LogP contribution in [0.5, 0.6) is 0 Å². The van der Waals surface area contributed by atoms with E-state index in [0.29, 0.717) is 5.92 Å². The minimum absolute atomic E-state index is 0.658. The highest BCUT2D eigenvalue weighted by molar-refractivity contribution is 5.60. The lowest BCUT2D eigenvalue weighted by molar-refractivity contribution is 0.436. The first kappa shape index (κ1) is 13.2. The van der Waals surface area contributed by atoms with Crippen molar-refractivity contribution in [2.75, 3.05) is 12.4 Å². The zero-order valence-electron chi connectivity index (χ0n) is 12.4. The molecule has 1 fully saturated rings. The molecular weight excluding hydrogens is 246 g/mol. The SMILES string of the molecule is CNc1ccc(-c2nc(C3CCCCC3)c(C)[nH]2)cc1. The highest BCUT2D eigenvalue weighted by Gasteiger charge is 2.20. The molecule has 1 aliphatic carbocycles. The summed E-state index contributed by atoms with van der Waals surface area (Å²) in [5.74, 6) is 1.66. The molecule has 1 aliphatic rings. The number of aromatic amines is 1.